The van der Waals surface area contributed by atoms with E-state index >= 15 is 0 Å². The second kappa shape index (κ2) is 15.7. The fourth-order valence-corrected chi connectivity index (χ4v) is 0. The Hall–Kier alpha value is 1.25. The van der Waals surface area contributed by atoms with Crippen LogP contribution < -0.4 is 0 Å². The van der Waals surface area contributed by atoms with Crippen molar-refractivity contribution in [1.82, 2.24) is 0 Å². The van der Waals surface area contributed by atoms with Crippen LogP contribution >= 0.6 is 0 Å². The molecule has 41 valence electrons. The zero-order chi connectivity index (χ0) is 3.58. The van der Waals surface area contributed by atoms with Crippen LogP contribution in [0.3, 0.4) is 0 Å². The SMILES string of the molecule is O=[Si](O)O.[Fe].[LiH].[Mn]. The van der Waals surface area contributed by atoms with Gasteiger partial charge in [-0.25, -0.2) is 0 Å². The molecule has 0 bridgehead atoms. The topological polar surface area (TPSA) is 57.5 Å². The first-order valence-corrected chi connectivity index (χ1v) is 1.95. The summed E-state index contributed by atoms with van der Waals surface area (Å²) >= 11 is 0. The Morgan fingerprint density at radius 1 is 1.29 bits per heavy atom. The van der Waals surface area contributed by atoms with Gasteiger partial charge in [-0.15, -0.1) is 0 Å². The zero-order valence-electron chi connectivity index (χ0n) is 2.53. The van der Waals surface area contributed by atoms with Gasteiger partial charge in [-0.2, -0.15) is 0 Å². The van der Waals surface area contributed by atoms with Gasteiger partial charge in [0, 0.05) is 34.1 Å². The molecule has 0 aromatic rings. The molecule has 2 N–H and O–H groups in total. The van der Waals surface area contributed by atoms with Gasteiger partial charge in [-0.05, 0) is 0 Å². The maximum Gasteiger partial charge on any atom is 0 e. The molecule has 3 nitrogen and oxygen atoms in total. The standard InChI is InChI=1S/Fe.Li.Mn.H2O3Si.H/c;;;1-4(2)3;/h;;;1-2H;. The largest absolute Gasteiger partial charge is 0 e. The summed E-state index contributed by atoms with van der Waals surface area (Å²) in [5.74, 6) is 0. The van der Waals surface area contributed by atoms with Crippen molar-refractivity contribution in [2.75, 3.05) is 0 Å². The maximum atomic E-state index is 8.74. The summed E-state index contributed by atoms with van der Waals surface area (Å²) in [5, 5.41) is 0. The molecule has 0 unspecified atom stereocenters. The average molecular weight is 197 g/mol. The molecule has 0 aromatic heterocycles. The smallest absolute Gasteiger partial charge is 0 e. The van der Waals surface area contributed by atoms with Crippen molar-refractivity contribution in [3.05, 3.63) is 0 Å². The monoisotopic (exact) mass is 197 g/mol. The van der Waals surface area contributed by atoms with E-state index in [-0.39, 0.29) is 53.0 Å². The van der Waals surface area contributed by atoms with Gasteiger partial charge < -0.3 is 9.59 Å². The fourth-order valence-electron chi connectivity index (χ4n) is 0. The summed E-state index contributed by atoms with van der Waals surface area (Å²) in [6.45, 7) is 0. The molecule has 0 fully saturated rings. The van der Waals surface area contributed by atoms with Crippen molar-refractivity contribution in [3.63, 3.8) is 0 Å². The van der Waals surface area contributed by atoms with Gasteiger partial charge in [-0.1, -0.05) is 0 Å². The summed E-state index contributed by atoms with van der Waals surface area (Å²) in [4.78, 5) is 14.3. The van der Waals surface area contributed by atoms with E-state index in [2.05, 4.69) is 0 Å². The molecule has 0 heterocycles. The van der Waals surface area contributed by atoms with Crippen molar-refractivity contribution in [2.45, 2.75) is 0 Å². The fraction of sp³-hybridized carbons (Fsp3) is 0. The van der Waals surface area contributed by atoms with Gasteiger partial charge >= 0.3 is 28.0 Å². The summed E-state index contributed by atoms with van der Waals surface area (Å²) in [7, 11) is -3.13. The molecule has 0 saturated carbocycles. The molecule has 7 heavy (non-hydrogen) atoms. The van der Waals surface area contributed by atoms with Gasteiger partial charge in [0.2, 0.25) is 0 Å². The van der Waals surface area contributed by atoms with Crippen LogP contribution in [0, 0.1) is 0 Å². The molecular formula is H3FeLiMnO3Si. The van der Waals surface area contributed by atoms with E-state index in [1.54, 1.807) is 0 Å². The van der Waals surface area contributed by atoms with Crippen LogP contribution in [0.2, 0.25) is 0 Å². The van der Waals surface area contributed by atoms with E-state index in [0.29, 0.717) is 0 Å². The van der Waals surface area contributed by atoms with Crippen molar-refractivity contribution >= 4 is 28.0 Å². The Bertz CT molecular complexity index is 37.9. The predicted octanol–water partition coefficient (Wildman–Crippen LogP) is -2.27. The Morgan fingerprint density at radius 2 is 1.29 bits per heavy atom. The molecule has 0 spiro atoms. The van der Waals surface area contributed by atoms with Gasteiger partial charge in [0.25, 0.3) is 0 Å². The molecule has 1 radical (unpaired) electrons. The minimum atomic E-state index is -3.13. The first-order valence-electron chi connectivity index (χ1n) is 0.651. The van der Waals surface area contributed by atoms with Gasteiger partial charge in [0.05, 0.1) is 0 Å². The van der Waals surface area contributed by atoms with Crippen LogP contribution in [0.5, 0.6) is 0 Å². The molecule has 0 saturated heterocycles. The molecule has 0 rings (SSSR count). The number of rotatable bonds is 0. The third-order valence-corrected chi connectivity index (χ3v) is 0. The molecule has 0 aliphatic carbocycles. The van der Waals surface area contributed by atoms with E-state index in [1.165, 1.54) is 0 Å². The Labute approximate surface area is 75.9 Å². The summed E-state index contributed by atoms with van der Waals surface area (Å²) < 4.78 is 8.74. The van der Waals surface area contributed by atoms with E-state index in [4.69, 9.17) is 14.1 Å². The van der Waals surface area contributed by atoms with Crippen LogP contribution in [-0.4, -0.2) is 37.6 Å². The number of hydrogen-bond donors (Lipinski definition) is 2. The third-order valence-electron chi connectivity index (χ3n) is 0. The van der Waals surface area contributed by atoms with Crippen LogP contribution in [0.25, 0.3) is 0 Å². The first kappa shape index (κ1) is 24.0. The van der Waals surface area contributed by atoms with Gasteiger partial charge in [0.15, 0.2) is 0 Å². The normalized spacial score (nSPS) is 3.43. The van der Waals surface area contributed by atoms with Crippen LogP contribution in [-0.2, 0) is 38.6 Å². The molecule has 0 amide bonds. The van der Waals surface area contributed by atoms with E-state index in [0.717, 1.165) is 0 Å². The summed E-state index contributed by atoms with van der Waals surface area (Å²) in [6.07, 6.45) is 0. The van der Waals surface area contributed by atoms with Crippen LogP contribution in [0.1, 0.15) is 0 Å². The van der Waals surface area contributed by atoms with Crippen molar-refractivity contribution in [3.8, 4) is 0 Å². The molecule has 0 atom stereocenters. The summed E-state index contributed by atoms with van der Waals surface area (Å²) in [6, 6.07) is 0. The molecule has 0 aliphatic rings. The minimum absolute atomic E-state index is 0. The first-order chi connectivity index (χ1) is 1.73. The van der Waals surface area contributed by atoms with Crippen LogP contribution in [0.15, 0.2) is 0 Å². The summed E-state index contributed by atoms with van der Waals surface area (Å²) in [5.41, 5.74) is 0. The van der Waals surface area contributed by atoms with Crippen molar-refractivity contribution in [1.29, 1.82) is 0 Å². The van der Waals surface area contributed by atoms with Gasteiger partial charge in [-0.3, -0.25) is 4.46 Å². The van der Waals surface area contributed by atoms with Crippen molar-refractivity contribution < 1.29 is 48.2 Å². The number of hydrogen-bond acceptors (Lipinski definition) is 1. The molecular weight excluding hydrogens is 194 g/mol. The molecule has 0 aromatic carbocycles. The third kappa shape index (κ3) is 127. The Kier molecular flexibility index (Phi) is 53.8. The minimum Gasteiger partial charge on any atom is 0 e. The van der Waals surface area contributed by atoms with Gasteiger partial charge in [0.1, 0.15) is 0 Å². The van der Waals surface area contributed by atoms with Crippen LogP contribution in [0.4, 0.5) is 0 Å². The Morgan fingerprint density at radius 3 is 1.29 bits per heavy atom. The maximum absolute atomic E-state index is 8.74. The van der Waals surface area contributed by atoms with E-state index < -0.39 is 9.17 Å². The average Bonchev–Trinajstić information content (AvgIpc) is 0.811. The second-order valence-electron chi connectivity index (χ2n) is 0.283. The molecule has 7 heteroatoms. The Balaban J connectivity index is -0.0000000150. The van der Waals surface area contributed by atoms with Crippen molar-refractivity contribution in [2.24, 2.45) is 0 Å². The zero-order valence-corrected chi connectivity index (χ0v) is 5.82. The van der Waals surface area contributed by atoms with E-state index in [9.17, 15) is 0 Å². The second-order valence-corrected chi connectivity index (χ2v) is 0.848. The predicted molar refractivity (Wildman–Crippen MR) is 18.0 cm³/mol. The van der Waals surface area contributed by atoms with E-state index in [1.807, 2.05) is 0 Å². The molecule has 0 aliphatic heterocycles. The quantitative estimate of drug-likeness (QED) is 0.430.